The molecular formula is C21H37N3Sn. The van der Waals surface area contributed by atoms with Gasteiger partial charge in [0.05, 0.1) is 0 Å². The molecule has 0 aromatic heterocycles. The molecule has 0 spiro atoms. The van der Waals surface area contributed by atoms with Crippen molar-refractivity contribution in [2.24, 2.45) is 16.5 Å². The van der Waals surface area contributed by atoms with Crippen molar-refractivity contribution in [3.8, 4) is 0 Å². The van der Waals surface area contributed by atoms with E-state index < -0.39 is 21.1 Å². The fourth-order valence-corrected chi connectivity index (χ4v) is 8.57. The van der Waals surface area contributed by atoms with Crippen molar-refractivity contribution in [2.75, 3.05) is 0 Å². The molecule has 140 valence electrons. The Balaban J connectivity index is 2.87. The van der Waals surface area contributed by atoms with Gasteiger partial charge in [-0.05, 0) is 0 Å². The van der Waals surface area contributed by atoms with Crippen LogP contribution in [0.5, 0.6) is 0 Å². The van der Waals surface area contributed by atoms with Crippen molar-refractivity contribution < 1.29 is 0 Å². The van der Waals surface area contributed by atoms with Crippen LogP contribution in [0.15, 0.2) is 29.3 Å². The number of hydrogen-bond acceptors (Lipinski definition) is 1. The normalized spacial score (nSPS) is 11.5. The second-order valence-corrected chi connectivity index (χ2v) is 12.5. The van der Waals surface area contributed by atoms with E-state index in [1.807, 2.05) is 0 Å². The van der Waals surface area contributed by atoms with E-state index in [0.717, 1.165) is 0 Å². The van der Waals surface area contributed by atoms with Crippen LogP contribution in [-0.2, 0) is 6.54 Å². The summed E-state index contributed by atoms with van der Waals surface area (Å²) in [6, 6.07) is 9.13. The fourth-order valence-electron chi connectivity index (χ4n) is 3.29. The minimum atomic E-state index is -0.632. The van der Waals surface area contributed by atoms with Gasteiger partial charge in [0.1, 0.15) is 0 Å². The van der Waals surface area contributed by atoms with Crippen molar-refractivity contribution in [2.45, 2.75) is 88.5 Å². The molecule has 3 nitrogen and oxygen atoms in total. The van der Waals surface area contributed by atoms with E-state index in [4.69, 9.17) is 11.5 Å². The van der Waals surface area contributed by atoms with Crippen LogP contribution in [0.4, 0.5) is 0 Å². The molecule has 0 amide bonds. The molecule has 1 aromatic rings. The number of hydrogen-bond donors (Lipinski definition) is 2. The van der Waals surface area contributed by atoms with Crippen molar-refractivity contribution in [3.63, 3.8) is 0 Å². The summed E-state index contributed by atoms with van der Waals surface area (Å²) in [5, 5.41) is 0. The molecule has 4 N–H and O–H groups in total. The Morgan fingerprint density at radius 2 is 1.36 bits per heavy atom. The maximum atomic E-state index is 5.43. The van der Waals surface area contributed by atoms with E-state index in [9.17, 15) is 0 Å². The van der Waals surface area contributed by atoms with Crippen molar-refractivity contribution in [1.29, 1.82) is 0 Å². The van der Waals surface area contributed by atoms with Crippen LogP contribution in [0.2, 0.25) is 3.43 Å². The SMILES string of the molecule is CCCC[C](CCCC)(CCCC)[Sn][c]1ccc(CN=C(N)N)cc1. The zero-order valence-electron chi connectivity index (χ0n) is 16.5. The molecule has 1 aromatic carbocycles. The maximum absolute atomic E-state index is 5.43. The van der Waals surface area contributed by atoms with Crippen molar-refractivity contribution >= 4 is 30.7 Å². The Kier molecular flexibility index (Phi) is 11.3. The van der Waals surface area contributed by atoms with Gasteiger partial charge in [-0.15, -0.1) is 0 Å². The minimum absolute atomic E-state index is 0.165. The number of nitrogens with two attached hydrogens (primary N) is 2. The Morgan fingerprint density at radius 3 is 1.76 bits per heavy atom. The third-order valence-electron chi connectivity index (χ3n) is 4.83. The molecule has 0 aliphatic carbocycles. The molecule has 0 saturated carbocycles. The molecule has 0 fully saturated rings. The van der Waals surface area contributed by atoms with Gasteiger partial charge in [0.2, 0.25) is 0 Å². The molecule has 0 saturated heterocycles. The van der Waals surface area contributed by atoms with Crippen LogP contribution in [0, 0.1) is 0 Å². The van der Waals surface area contributed by atoms with Gasteiger partial charge in [-0.1, -0.05) is 0 Å². The van der Waals surface area contributed by atoms with Crippen molar-refractivity contribution in [1.82, 2.24) is 0 Å². The molecule has 0 unspecified atom stereocenters. The first-order chi connectivity index (χ1) is 12.0. The van der Waals surface area contributed by atoms with Gasteiger partial charge in [-0.2, -0.15) is 0 Å². The van der Waals surface area contributed by atoms with Crippen LogP contribution in [0.25, 0.3) is 0 Å². The van der Waals surface area contributed by atoms with Crippen molar-refractivity contribution in [3.05, 3.63) is 29.8 Å². The molecule has 0 heterocycles. The molecule has 1 rings (SSSR count). The zero-order chi connectivity index (χ0) is 18.5. The Hall–Kier alpha value is -0.711. The number of guanidine groups is 1. The third-order valence-corrected chi connectivity index (χ3v) is 10.3. The van der Waals surface area contributed by atoms with E-state index in [-0.39, 0.29) is 5.96 Å². The first kappa shape index (κ1) is 22.3. The van der Waals surface area contributed by atoms with E-state index >= 15 is 0 Å². The number of unbranched alkanes of at least 4 members (excludes halogenated alkanes) is 3. The third kappa shape index (κ3) is 8.98. The second-order valence-electron chi connectivity index (χ2n) is 7.15. The van der Waals surface area contributed by atoms with E-state index in [1.165, 1.54) is 63.4 Å². The molecule has 0 bridgehead atoms. The van der Waals surface area contributed by atoms with Crippen LogP contribution in [-0.4, -0.2) is 27.1 Å². The van der Waals surface area contributed by atoms with Crippen LogP contribution < -0.4 is 15.0 Å². The van der Waals surface area contributed by atoms with E-state index in [1.54, 1.807) is 3.58 Å². The average Bonchev–Trinajstić information content (AvgIpc) is 2.62. The molecule has 2 radical (unpaired) electrons. The van der Waals surface area contributed by atoms with Gasteiger partial charge >= 0.3 is 166 Å². The van der Waals surface area contributed by atoms with Gasteiger partial charge in [0.15, 0.2) is 0 Å². The summed E-state index contributed by atoms with van der Waals surface area (Å²) in [6.45, 7) is 7.57. The summed E-state index contributed by atoms with van der Waals surface area (Å²) in [6.07, 6.45) is 12.4. The second kappa shape index (κ2) is 12.6. The van der Waals surface area contributed by atoms with Crippen LogP contribution in [0.3, 0.4) is 0 Å². The Bertz CT molecular complexity index is 471. The van der Waals surface area contributed by atoms with E-state index in [0.29, 0.717) is 9.98 Å². The standard InChI is InChI=1S/C13H27.C8H10N3.Sn/c1-4-7-10-13(11-8-5-2)12-9-6-3;9-8(10)11-6-7-4-2-1-3-5-7;/h4-12H2,1-3H3;2-5H,6H2,(H4,9,10,11);. The summed E-state index contributed by atoms with van der Waals surface area (Å²) in [7, 11) is 0. The summed E-state index contributed by atoms with van der Waals surface area (Å²) in [5.74, 6) is 0.165. The summed E-state index contributed by atoms with van der Waals surface area (Å²) in [5.41, 5.74) is 12.1. The quantitative estimate of drug-likeness (QED) is 0.264. The molecular weight excluding hydrogens is 413 g/mol. The molecule has 0 atom stereocenters. The molecule has 0 aliphatic rings. The first-order valence-corrected chi connectivity index (χ1v) is 12.8. The Morgan fingerprint density at radius 1 is 0.880 bits per heavy atom. The summed E-state index contributed by atoms with van der Waals surface area (Å²) in [4.78, 5) is 4.11. The molecule has 25 heavy (non-hydrogen) atoms. The summed E-state index contributed by atoms with van der Waals surface area (Å²) >= 11 is -0.632. The average molecular weight is 450 g/mol. The number of rotatable bonds is 13. The monoisotopic (exact) mass is 451 g/mol. The van der Waals surface area contributed by atoms with Gasteiger partial charge in [-0.3, -0.25) is 0 Å². The predicted molar refractivity (Wildman–Crippen MR) is 113 cm³/mol. The van der Waals surface area contributed by atoms with Gasteiger partial charge in [0.25, 0.3) is 0 Å². The predicted octanol–water partition coefficient (Wildman–Crippen LogP) is 4.52. The van der Waals surface area contributed by atoms with E-state index in [2.05, 4.69) is 50.0 Å². The Labute approximate surface area is 165 Å². The van der Waals surface area contributed by atoms with Gasteiger partial charge < -0.3 is 0 Å². The number of benzene rings is 1. The molecule has 4 heteroatoms. The fraction of sp³-hybridized carbons (Fsp3) is 0.667. The topological polar surface area (TPSA) is 64.4 Å². The first-order valence-electron chi connectivity index (χ1n) is 9.97. The summed E-state index contributed by atoms with van der Waals surface area (Å²) < 4.78 is 2.27. The number of nitrogens with zero attached hydrogens (tertiary/aromatic N) is 1. The molecule has 0 aliphatic heterocycles. The zero-order valence-corrected chi connectivity index (χ0v) is 19.3. The van der Waals surface area contributed by atoms with Crippen LogP contribution >= 0.6 is 0 Å². The van der Waals surface area contributed by atoms with Gasteiger partial charge in [-0.25, -0.2) is 0 Å². The van der Waals surface area contributed by atoms with Crippen LogP contribution in [0.1, 0.15) is 84.1 Å². The number of aliphatic imine (C=N–C) groups is 1. The van der Waals surface area contributed by atoms with Gasteiger partial charge in [0, 0.05) is 0 Å².